The summed E-state index contributed by atoms with van der Waals surface area (Å²) in [5.74, 6) is -0.285. The smallest absolute Gasteiger partial charge is 0.237 e. The number of para-hydroxylation sites is 1. The third-order valence-corrected chi connectivity index (χ3v) is 6.40. The van der Waals surface area contributed by atoms with Crippen molar-refractivity contribution >= 4 is 51.5 Å². The van der Waals surface area contributed by atoms with Crippen LogP contribution < -0.4 is 10.2 Å². The van der Waals surface area contributed by atoms with E-state index in [1.807, 2.05) is 6.92 Å². The highest BCUT2D eigenvalue weighted by Gasteiger charge is 2.35. The summed E-state index contributed by atoms with van der Waals surface area (Å²) in [5.41, 5.74) is 0.975. The van der Waals surface area contributed by atoms with E-state index in [4.69, 9.17) is 0 Å². The molecule has 0 radical (unpaired) electrons. The Morgan fingerprint density at radius 2 is 2.00 bits per heavy atom. The molecule has 1 aromatic heterocycles. The highest BCUT2D eigenvalue weighted by Crippen LogP contribution is 2.37. The van der Waals surface area contributed by atoms with Crippen molar-refractivity contribution in [2.45, 2.75) is 55.7 Å². The number of thioether (sulfide) groups is 1. The van der Waals surface area contributed by atoms with Gasteiger partial charge in [0.05, 0.1) is 10.9 Å². The number of Topliss-reactive ketones (excluding diaryl/α,β-unsaturated/α-hetero) is 1. The van der Waals surface area contributed by atoms with E-state index < -0.39 is 5.25 Å². The van der Waals surface area contributed by atoms with Crippen LogP contribution in [0.1, 0.15) is 50.4 Å². The lowest BCUT2D eigenvalue weighted by Crippen LogP contribution is -2.32. The summed E-state index contributed by atoms with van der Waals surface area (Å²) in [6, 6.07) is 7.15. The van der Waals surface area contributed by atoms with Crippen molar-refractivity contribution < 1.29 is 14.4 Å². The van der Waals surface area contributed by atoms with Gasteiger partial charge < -0.3 is 5.32 Å². The minimum Gasteiger partial charge on any atom is -0.324 e. The van der Waals surface area contributed by atoms with E-state index in [0.717, 1.165) is 12.8 Å². The molecular weight excluding hydrogens is 396 g/mol. The fraction of sp³-hybridized carbons (Fsp3) is 0.421. The first kappa shape index (κ1) is 20.5. The van der Waals surface area contributed by atoms with E-state index in [0.29, 0.717) is 27.1 Å². The summed E-state index contributed by atoms with van der Waals surface area (Å²) in [6.45, 7) is 5.07. The van der Waals surface area contributed by atoms with Gasteiger partial charge in [0.15, 0.2) is 10.1 Å². The Kier molecular flexibility index (Phi) is 6.46. The van der Waals surface area contributed by atoms with Gasteiger partial charge in [0.1, 0.15) is 0 Å². The van der Waals surface area contributed by atoms with E-state index >= 15 is 0 Å². The Labute approximate surface area is 171 Å². The maximum absolute atomic E-state index is 12.6. The first-order chi connectivity index (χ1) is 13.4. The molecule has 1 aliphatic carbocycles. The molecule has 1 atom stereocenters. The number of nitrogens with zero attached hydrogens (tertiary/aromatic N) is 3. The second-order valence-electron chi connectivity index (χ2n) is 6.55. The van der Waals surface area contributed by atoms with Gasteiger partial charge in [-0.3, -0.25) is 19.3 Å². The summed E-state index contributed by atoms with van der Waals surface area (Å²) in [6.07, 6.45) is 2.40. The highest BCUT2D eigenvalue weighted by molar-refractivity contribution is 8.02. The number of hydrogen-bond acceptors (Lipinski definition) is 7. The minimum atomic E-state index is -0.433. The lowest BCUT2D eigenvalue weighted by Gasteiger charge is -2.17. The Hall–Kier alpha value is -2.26. The second-order valence-corrected chi connectivity index (χ2v) is 9.09. The van der Waals surface area contributed by atoms with Crippen LogP contribution in [-0.2, 0) is 9.59 Å². The molecular formula is C19H22N4O3S2. The van der Waals surface area contributed by atoms with Gasteiger partial charge in [0.25, 0.3) is 0 Å². The average molecular weight is 419 g/mol. The van der Waals surface area contributed by atoms with E-state index in [-0.39, 0.29) is 23.6 Å². The fourth-order valence-corrected chi connectivity index (χ4v) is 4.73. The molecule has 1 heterocycles. The quantitative estimate of drug-likeness (QED) is 0.399. The second kappa shape index (κ2) is 8.83. The van der Waals surface area contributed by atoms with Crippen molar-refractivity contribution in [1.29, 1.82) is 0 Å². The van der Waals surface area contributed by atoms with Gasteiger partial charge in [-0.05, 0) is 38.8 Å². The molecule has 2 amide bonds. The van der Waals surface area contributed by atoms with Gasteiger partial charge in [-0.15, -0.1) is 10.2 Å². The molecule has 0 unspecified atom stereocenters. The molecule has 1 saturated carbocycles. The van der Waals surface area contributed by atoms with Crippen LogP contribution in [0.25, 0.3) is 0 Å². The lowest BCUT2D eigenvalue weighted by molar-refractivity contribution is -0.118. The monoisotopic (exact) mass is 418 g/mol. The molecule has 1 N–H and O–H groups in total. The average Bonchev–Trinajstić information content (AvgIpc) is 3.40. The van der Waals surface area contributed by atoms with Gasteiger partial charge in [0.2, 0.25) is 16.9 Å². The van der Waals surface area contributed by atoms with Crippen molar-refractivity contribution in [3.05, 3.63) is 29.8 Å². The Morgan fingerprint density at radius 1 is 1.29 bits per heavy atom. The molecule has 1 fully saturated rings. The van der Waals surface area contributed by atoms with Crippen LogP contribution in [0.4, 0.5) is 10.8 Å². The number of carbonyl (C=O) groups excluding carboxylic acids is 3. The van der Waals surface area contributed by atoms with Gasteiger partial charge in [0, 0.05) is 18.0 Å². The van der Waals surface area contributed by atoms with E-state index in [1.54, 1.807) is 36.1 Å². The molecule has 0 bridgehead atoms. The summed E-state index contributed by atoms with van der Waals surface area (Å²) < 4.78 is 0.632. The van der Waals surface area contributed by atoms with Crippen molar-refractivity contribution in [1.82, 2.24) is 10.2 Å². The third kappa shape index (κ3) is 4.77. The number of carbonyl (C=O) groups is 3. The van der Waals surface area contributed by atoms with Crippen molar-refractivity contribution in [2.75, 3.05) is 10.2 Å². The number of amides is 2. The Balaban J connectivity index is 1.66. The lowest BCUT2D eigenvalue weighted by atomic mass is 10.1. The summed E-state index contributed by atoms with van der Waals surface area (Å²) in [7, 11) is 0. The maximum Gasteiger partial charge on any atom is 0.237 e. The van der Waals surface area contributed by atoms with Crippen molar-refractivity contribution in [3.63, 3.8) is 0 Å². The number of aromatic nitrogens is 2. The van der Waals surface area contributed by atoms with Gasteiger partial charge >= 0.3 is 0 Å². The molecule has 3 rings (SSSR count). The zero-order valence-electron chi connectivity index (χ0n) is 16.0. The summed E-state index contributed by atoms with van der Waals surface area (Å²) in [4.78, 5) is 38.2. The van der Waals surface area contributed by atoms with Gasteiger partial charge in [-0.25, -0.2) is 0 Å². The molecule has 1 aliphatic rings. The van der Waals surface area contributed by atoms with Crippen LogP contribution >= 0.6 is 23.1 Å². The van der Waals surface area contributed by atoms with E-state index in [9.17, 15) is 14.4 Å². The van der Waals surface area contributed by atoms with Crippen molar-refractivity contribution in [3.8, 4) is 0 Å². The molecule has 7 nitrogen and oxygen atoms in total. The Morgan fingerprint density at radius 3 is 2.64 bits per heavy atom. The van der Waals surface area contributed by atoms with E-state index in [2.05, 4.69) is 15.5 Å². The molecule has 0 saturated heterocycles. The number of nitrogens with one attached hydrogen (secondary N) is 1. The Bertz CT molecular complexity index is 895. The molecule has 2 aromatic rings. The zero-order valence-corrected chi connectivity index (χ0v) is 17.6. The zero-order chi connectivity index (χ0) is 20.3. The SMILES string of the molecule is CCC(=O)N(c1nnc(S[C@H](C)C(=O)Nc2ccccc2C(C)=O)s1)C1CC1. The number of hydrogen-bond donors (Lipinski definition) is 1. The van der Waals surface area contributed by atoms with Crippen LogP contribution in [0.15, 0.2) is 28.6 Å². The van der Waals surface area contributed by atoms with Crippen LogP contribution in [0, 0.1) is 0 Å². The molecule has 148 valence electrons. The summed E-state index contributed by atoms with van der Waals surface area (Å²) in [5, 5.41) is 11.3. The third-order valence-electron chi connectivity index (χ3n) is 4.30. The molecule has 9 heteroatoms. The number of rotatable bonds is 8. The maximum atomic E-state index is 12.6. The number of ketones is 1. The van der Waals surface area contributed by atoms with Crippen LogP contribution in [0.2, 0.25) is 0 Å². The topological polar surface area (TPSA) is 92.3 Å². The largest absolute Gasteiger partial charge is 0.324 e. The minimum absolute atomic E-state index is 0.0434. The van der Waals surface area contributed by atoms with Crippen LogP contribution in [0.3, 0.4) is 0 Å². The van der Waals surface area contributed by atoms with Crippen LogP contribution in [-0.4, -0.2) is 39.1 Å². The van der Waals surface area contributed by atoms with Crippen molar-refractivity contribution in [2.24, 2.45) is 0 Å². The van der Waals surface area contributed by atoms with Gasteiger partial charge in [-0.2, -0.15) is 0 Å². The van der Waals surface area contributed by atoms with E-state index in [1.165, 1.54) is 30.0 Å². The molecule has 0 spiro atoms. The molecule has 1 aromatic carbocycles. The first-order valence-electron chi connectivity index (χ1n) is 9.13. The fourth-order valence-electron chi connectivity index (χ4n) is 2.66. The normalized spacial score (nSPS) is 14.4. The van der Waals surface area contributed by atoms with Gasteiger partial charge in [-0.1, -0.05) is 42.2 Å². The van der Waals surface area contributed by atoms with Crippen LogP contribution in [0.5, 0.6) is 0 Å². The number of benzene rings is 1. The number of anilines is 2. The first-order valence-corrected chi connectivity index (χ1v) is 10.8. The molecule has 0 aliphatic heterocycles. The standard InChI is InChI=1S/C19H22N4O3S2/c1-4-16(25)23(13-9-10-13)18-21-22-19(28-18)27-12(3)17(26)20-15-8-6-5-7-14(15)11(2)24/h5-8,12-13H,4,9-10H2,1-3H3,(H,20,26)/t12-/m1/s1. The molecule has 28 heavy (non-hydrogen) atoms. The summed E-state index contributed by atoms with van der Waals surface area (Å²) >= 11 is 2.61. The predicted octanol–water partition coefficient (Wildman–Crippen LogP) is 3.77. The highest BCUT2D eigenvalue weighted by atomic mass is 32.2. The predicted molar refractivity (Wildman–Crippen MR) is 111 cm³/mol.